The molecule has 0 aromatic heterocycles. The monoisotopic (exact) mass is 209 g/mol. The third kappa shape index (κ3) is 2.35. The van der Waals surface area contributed by atoms with Gasteiger partial charge in [0.25, 0.3) is 0 Å². The zero-order valence-corrected chi connectivity index (χ0v) is 10.0. The Labute approximate surface area is 93.0 Å². The summed E-state index contributed by atoms with van der Waals surface area (Å²) in [6, 6.07) is 0. The van der Waals surface area contributed by atoms with Crippen LogP contribution in [0.2, 0.25) is 0 Å². The van der Waals surface area contributed by atoms with E-state index in [0.29, 0.717) is 11.8 Å². The van der Waals surface area contributed by atoms with Crippen LogP contribution in [0.4, 0.5) is 0 Å². The van der Waals surface area contributed by atoms with Crippen LogP contribution in [0.5, 0.6) is 0 Å². The topological polar surface area (TPSA) is 20.3 Å². The molecule has 86 valence electrons. The first-order valence-electron chi connectivity index (χ1n) is 6.47. The Morgan fingerprint density at radius 3 is 2.27 bits per heavy atom. The summed E-state index contributed by atoms with van der Waals surface area (Å²) in [5.74, 6) is 2.32. The Morgan fingerprint density at radius 2 is 1.73 bits per heavy atom. The predicted molar refractivity (Wildman–Crippen MR) is 61.5 cm³/mol. The van der Waals surface area contributed by atoms with Crippen LogP contribution in [-0.2, 0) is 4.79 Å². The highest BCUT2D eigenvalue weighted by atomic mass is 16.2. The summed E-state index contributed by atoms with van der Waals surface area (Å²) in [7, 11) is 0. The van der Waals surface area contributed by atoms with Crippen LogP contribution < -0.4 is 0 Å². The molecule has 0 unspecified atom stereocenters. The minimum absolute atomic E-state index is 0.367. The molecule has 2 heteroatoms. The summed E-state index contributed by atoms with van der Waals surface area (Å²) in [5.41, 5.74) is 0. The number of hydrogen-bond acceptors (Lipinski definition) is 1. The second kappa shape index (κ2) is 4.54. The molecular formula is C13H23NO. The molecule has 1 heterocycles. The van der Waals surface area contributed by atoms with Crippen molar-refractivity contribution in [2.75, 3.05) is 13.1 Å². The Bertz CT molecular complexity index is 225. The molecule has 1 amide bonds. The molecular weight excluding hydrogens is 186 g/mol. The fourth-order valence-corrected chi connectivity index (χ4v) is 2.72. The van der Waals surface area contributed by atoms with E-state index >= 15 is 0 Å². The van der Waals surface area contributed by atoms with E-state index in [-0.39, 0.29) is 0 Å². The quantitative estimate of drug-likeness (QED) is 0.684. The molecule has 15 heavy (non-hydrogen) atoms. The van der Waals surface area contributed by atoms with E-state index < -0.39 is 0 Å². The Kier molecular flexibility index (Phi) is 3.32. The van der Waals surface area contributed by atoms with Gasteiger partial charge in [-0.15, -0.1) is 0 Å². The average molecular weight is 209 g/mol. The highest BCUT2D eigenvalue weighted by Crippen LogP contribution is 2.30. The summed E-state index contributed by atoms with van der Waals surface area (Å²) >= 11 is 0. The SMILES string of the molecule is CC(C)C1CN(C(=O)C2CCCCC2)C1. The molecule has 0 aromatic carbocycles. The lowest BCUT2D eigenvalue weighted by molar-refractivity contribution is -0.144. The van der Waals surface area contributed by atoms with Gasteiger partial charge >= 0.3 is 0 Å². The maximum atomic E-state index is 12.1. The first-order chi connectivity index (χ1) is 7.18. The molecule has 0 N–H and O–H groups in total. The average Bonchev–Trinajstić information content (AvgIpc) is 2.16. The Balaban J connectivity index is 1.78. The number of carbonyl (C=O) groups excluding carboxylic acids is 1. The summed E-state index contributed by atoms with van der Waals surface area (Å²) in [6.07, 6.45) is 6.14. The number of amides is 1. The lowest BCUT2D eigenvalue weighted by Crippen LogP contribution is -2.53. The largest absolute Gasteiger partial charge is 0.342 e. The maximum Gasteiger partial charge on any atom is 0.225 e. The lowest BCUT2D eigenvalue weighted by Gasteiger charge is -2.43. The van der Waals surface area contributed by atoms with E-state index in [4.69, 9.17) is 0 Å². The van der Waals surface area contributed by atoms with Gasteiger partial charge in [-0.1, -0.05) is 33.1 Å². The van der Waals surface area contributed by atoms with Gasteiger partial charge in [0.1, 0.15) is 0 Å². The summed E-state index contributed by atoms with van der Waals surface area (Å²) in [4.78, 5) is 14.2. The molecule has 0 bridgehead atoms. The first kappa shape index (κ1) is 11.0. The van der Waals surface area contributed by atoms with Crippen molar-refractivity contribution in [2.24, 2.45) is 17.8 Å². The summed E-state index contributed by atoms with van der Waals surface area (Å²) in [6.45, 7) is 6.56. The molecule has 1 aliphatic carbocycles. The molecule has 0 atom stereocenters. The lowest BCUT2D eigenvalue weighted by atomic mass is 9.84. The van der Waals surface area contributed by atoms with E-state index in [0.717, 1.165) is 37.8 Å². The van der Waals surface area contributed by atoms with Crippen LogP contribution in [0.15, 0.2) is 0 Å². The minimum Gasteiger partial charge on any atom is -0.342 e. The van der Waals surface area contributed by atoms with Crippen LogP contribution in [-0.4, -0.2) is 23.9 Å². The van der Waals surface area contributed by atoms with Gasteiger partial charge in [-0.3, -0.25) is 4.79 Å². The zero-order chi connectivity index (χ0) is 10.8. The van der Waals surface area contributed by atoms with E-state index in [1.54, 1.807) is 0 Å². The third-order valence-electron chi connectivity index (χ3n) is 4.12. The molecule has 2 fully saturated rings. The van der Waals surface area contributed by atoms with Crippen LogP contribution in [0.3, 0.4) is 0 Å². The van der Waals surface area contributed by atoms with Crippen molar-refractivity contribution in [3.05, 3.63) is 0 Å². The fourth-order valence-electron chi connectivity index (χ4n) is 2.72. The van der Waals surface area contributed by atoms with Crippen molar-refractivity contribution in [3.63, 3.8) is 0 Å². The standard InChI is InChI=1S/C13H23NO/c1-10(2)12-8-14(9-12)13(15)11-6-4-3-5-7-11/h10-12H,3-9H2,1-2H3. The molecule has 1 saturated carbocycles. The maximum absolute atomic E-state index is 12.1. The van der Waals surface area contributed by atoms with Crippen LogP contribution in [0.25, 0.3) is 0 Å². The van der Waals surface area contributed by atoms with Crippen molar-refractivity contribution in [1.29, 1.82) is 0 Å². The van der Waals surface area contributed by atoms with Crippen molar-refractivity contribution in [3.8, 4) is 0 Å². The van der Waals surface area contributed by atoms with Crippen molar-refractivity contribution in [2.45, 2.75) is 46.0 Å². The highest BCUT2D eigenvalue weighted by molar-refractivity contribution is 5.79. The molecule has 2 rings (SSSR count). The number of rotatable bonds is 2. The zero-order valence-electron chi connectivity index (χ0n) is 10.0. The molecule has 0 spiro atoms. The fraction of sp³-hybridized carbons (Fsp3) is 0.923. The van der Waals surface area contributed by atoms with Crippen molar-refractivity contribution in [1.82, 2.24) is 4.90 Å². The second-order valence-corrected chi connectivity index (χ2v) is 5.58. The van der Waals surface area contributed by atoms with E-state index in [2.05, 4.69) is 18.7 Å². The van der Waals surface area contributed by atoms with Gasteiger partial charge in [0.2, 0.25) is 5.91 Å². The Morgan fingerprint density at radius 1 is 1.13 bits per heavy atom. The molecule has 0 radical (unpaired) electrons. The number of nitrogens with zero attached hydrogens (tertiary/aromatic N) is 1. The minimum atomic E-state index is 0.367. The molecule has 1 aliphatic heterocycles. The normalized spacial score (nSPS) is 24.3. The van der Waals surface area contributed by atoms with Gasteiger partial charge in [-0.05, 0) is 24.7 Å². The summed E-state index contributed by atoms with van der Waals surface area (Å²) in [5, 5.41) is 0. The van der Waals surface area contributed by atoms with Gasteiger partial charge in [-0.2, -0.15) is 0 Å². The van der Waals surface area contributed by atoms with Gasteiger partial charge in [0, 0.05) is 19.0 Å². The van der Waals surface area contributed by atoms with Crippen molar-refractivity contribution >= 4 is 5.91 Å². The van der Waals surface area contributed by atoms with Crippen LogP contribution in [0, 0.1) is 17.8 Å². The van der Waals surface area contributed by atoms with E-state index in [1.807, 2.05) is 0 Å². The first-order valence-corrected chi connectivity index (χ1v) is 6.47. The smallest absolute Gasteiger partial charge is 0.225 e. The van der Waals surface area contributed by atoms with Gasteiger partial charge in [-0.25, -0.2) is 0 Å². The highest BCUT2D eigenvalue weighted by Gasteiger charge is 2.35. The molecule has 2 aliphatic rings. The predicted octanol–water partition coefficient (Wildman–Crippen LogP) is 2.68. The van der Waals surface area contributed by atoms with E-state index in [1.165, 1.54) is 19.3 Å². The van der Waals surface area contributed by atoms with Gasteiger partial charge in [0.05, 0.1) is 0 Å². The molecule has 2 nitrogen and oxygen atoms in total. The molecule has 0 aromatic rings. The van der Waals surface area contributed by atoms with Gasteiger partial charge in [0.15, 0.2) is 0 Å². The van der Waals surface area contributed by atoms with Crippen LogP contribution in [0.1, 0.15) is 46.0 Å². The number of hydrogen-bond donors (Lipinski definition) is 0. The summed E-state index contributed by atoms with van der Waals surface area (Å²) < 4.78 is 0. The van der Waals surface area contributed by atoms with Crippen LogP contribution >= 0.6 is 0 Å². The van der Waals surface area contributed by atoms with Gasteiger partial charge < -0.3 is 4.90 Å². The Hall–Kier alpha value is -0.530. The number of likely N-dealkylation sites (tertiary alicyclic amines) is 1. The second-order valence-electron chi connectivity index (χ2n) is 5.58. The number of carbonyl (C=O) groups is 1. The third-order valence-corrected chi connectivity index (χ3v) is 4.12. The van der Waals surface area contributed by atoms with E-state index in [9.17, 15) is 4.79 Å². The van der Waals surface area contributed by atoms with Crippen molar-refractivity contribution < 1.29 is 4.79 Å². The molecule has 1 saturated heterocycles.